The van der Waals surface area contributed by atoms with Crippen LogP contribution < -0.4 is 15.4 Å². The van der Waals surface area contributed by atoms with Gasteiger partial charge >= 0.3 is 0 Å². The minimum Gasteiger partial charge on any atom is -0.484 e. The molecule has 0 aromatic heterocycles. The molecule has 6 nitrogen and oxygen atoms in total. The predicted octanol–water partition coefficient (Wildman–Crippen LogP) is 2.34. The number of amides is 2. The number of ether oxygens (including phenoxy) is 1. The van der Waals surface area contributed by atoms with Crippen LogP contribution in [0.3, 0.4) is 0 Å². The molecule has 3 N–H and O–H groups in total. The second-order valence-electron chi connectivity index (χ2n) is 6.24. The Morgan fingerprint density at radius 3 is 2.46 bits per heavy atom. The maximum Gasteiger partial charge on any atom is 0.258 e. The SMILES string of the molecule is CC(C)[C@@H](NC(=O)COc1ccccc1)C(=O)Nc1cccc(CO)c1. The van der Waals surface area contributed by atoms with Gasteiger partial charge in [0.1, 0.15) is 11.8 Å². The number of nitrogens with one attached hydrogen (secondary N) is 2. The Kier molecular flexibility index (Phi) is 7.17. The molecule has 2 amide bonds. The van der Waals surface area contributed by atoms with Crippen molar-refractivity contribution in [3.63, 3.8) is 0 Å². The third kappa shape index (κ3) is 5.89. The summed E-state index contributed by atoms with van der Waals surface area (Å²) < 4.78 is 5.41. The molecule has 0 saturated heterocycles. The first-order chi connectivity index (χ1) is 12.5. The van der Waals surface area contributed by atoms with Gasteiger partial charge in [-0.2, -0.15) is 0 Å². The lowest BCUT2D eigenvalue weighted by Crippen LogP contribution is -2.48. The van der Waals surface area contributed by atoms with Crippen molar-refractivity contribution in [2.75, 3.05) is 11.9 Å². The summed E-state index contributed by atoms with van der Waals surface area (Å²) in [4.78, 5) is 24.7. The highest BCUT2D eigenvalue weighted by Crippen LogP contribution is 2.13. The van der Waals surface area contributed by atoms with Crippen LogP contribution in [0.1, 0.15) is 19.4 Å². The van der Waals surface area contributed by atoms with Crippen molar-refractivity contribution in [3.8, 4) is 5.75 Å². The highest BCUT2D eigenvalue weighted by Gasteiger charge is 2.24. The van der Waals surface area contributed by atoms with E-state index in [0.717, 1.165) is 0 Å². The van der Waals surface area contributed by atoms with Gasteiger partial charge in [0.2, 0.25) is 5.91 Å². The van der Waals surface area contributed by atoms with Crippen molar-refractivity contribution in [2.45, 2.75) is 26.5 Å². The van der Waals surface area contributed by atoms with E-state index in [1.165, 1.54) is 0 Å². The molecule has 0 radical (unpaired) electrons. The van der Waals surface area contributed by atoms with Gasteiger partial charge in [0, 0.05) is 5.69 Å². The third-order valence-corrected chi connectivity index (χ3v) is 3.76. The van der Waals surface area contributed by atoms with Crippen LogP contribution in [0.25, 0.3) is 0 Å². The number of carbonyl (C=O) groups excluding carboxylic acids is 2. The minimum atomic E-state index is -0.695. The Morgan fingerprint density at radius 2 is 1.81 bits per heavy atom. The second-order valence-corrected chi connectivity index (χ2v) is 6.24. The zero-order valence-corrected chi connectivity index (χ0v) is 14.9. The van der Waals surface area contributed by atoms with Crippen molar-refractivity contribution in [1.82, 2.24) is 5.32 Å². The van der Waals surface area contributed by atoms with Gasteiger partial charge in [-0.1, -0.05) is 44.2 Å². The fourth-order valence-electron chi connectivity index (χ4n) is 2.38. The van der Waals surface area contributed by atoms with E-state index in [1.807, 2.05) is 32.0 Å². The molecule has 0 fully saturated rings. The largest absolute Gasteiger partial charge is 0.484 e. The number of anilines is 1. The maximum atomic E-state index is 12.5. The van der Waals surface area contributed by atoms with Crippen LogP contribution in [-0.2, 0) is 16.2 Å². The van der Waals surface area contributed by atoms with Crippen molar-refractivity contribution in [1.29, 1.82) is 0 Å². The maximum absolute atomic E-state index is 12.5. The third-order valence-electron chi connectivity index (χ3n) is 3.76. The van der Waals surface area contributed by atoms with Crippen LogP contribution in [0, 0.1) is 5.92 Å². The topological polar surface area (TPSA) is 87.7 Å². The van der Waals surface area contributed by atoms with Crippen molar-refractivity contribution < 1.29 is 19.4 Å². The summed E-state index contributed by atoms with van der Waals surface area (Å²) in [7, 11) is 0. The highest BCUT2D eigenvalue weighted by molar-refractivity contribution is 5.97. The summed E-state index contributed by atoms with van der Waals surface area (Å²) in [5.74, 6) is -0.194. The summed E-state index contributed by atoms with van der Waals surface area (Å²) in [5.41, 5.74) is 1.27. The first-order valence-electron chi connectivity index (χ1n) is 8.47. The standard InChI is InChI=1S/C20H24N2O4/c1-14(2)19(20(25)21-16-8-6-7-15(11-16)12-23)22-18(24)13-26-17-9-4-3-5-10-17/h3-11,14,19,23H,12-13H2,1-2H3,(H,21,25)(H,22,24)/t19-/m1/s1. The van der Waals surface area contributed by atoms with Gasteiger partial charge in [0.25, 0.3) is 5.91 Å². The molecule has 0 bridgehead atoms. The monoisotopic (exact) mass is 356 g/mol. The number of carbonyl (C=O) groups is 2. The first-order valence-corrected chi connectivity index (χ1v) is 8.47. The fourth-order valence-corrected chi connectivity index (χ4v) is 2.38. The van der Waals surface area contributed by atoms with Gasteiger partial charge in [-0.3, -0.25) is 9.59 Å². The summed E-state index contributed by atoms with van der Waals surface area (Å²) in [6.07, 6.45) is 0. The van der Waals surface area contributed by atoms with Crippen molar-refractivity contribution in [3.05, 3.63) is 60.2 Å². The molecule has 0 saturated carbocycles. The average Bonchev–Trinajstić information content (AvgIpc) is 2.65. The molecule has 0 heterocycles. The molecule has 138 valence electrons. The van der Waals surface area contributed by atoms with Crippen LogP contribution in [0.4, 0.5) is 5.69 Å². The molecule has 1 atom stereocenters. The molecule has 26 heavy (non-hydrogen) atoms. The van der Waals surface area contributed by atoms with E-state index < -0.39 is 6.04 Å². The average molecular weight is 356 g/mol. The summed E-state index contributed by atoms with van der Waals surface area (Å²) in [5, 5.41) is 14.7. The second kappa shape index (κ2) is 9.58. The molecule has 2 aromatic rings. The highest BCUT2D eigenvalue weighted by atomic mass is 16.5. The van der Waals surface area contributed by atoms with E-state index in [0.29, 0.717) is 17.0 Å². The Balaban J connectivity index is 1.94. The molecule has 2 aromatic carbocycles. The van der Waals surface area contributed by atoms with E-state index in [2.05, 4.69) is 10.6 Å². The van der Waals surface area contributed by atoms with Gasteiger partial charge in [-0.25, -0.2) is 0 Å². The Morgan fingerprint density at radius 1 is 1.08 bits per heavy atom. The van der Waals surface area contributed by atoms with Crippen LogP contribution >= 0.6 is 0 Å². The molecule has 0 spiro atoms. The van der Waals surface area contributed by atoms with Crippen LogP contribution in [-0.4, -0.2) is 29.6 Å². The lowest BCUT2D eigenvalue weighted by molar-refractivity contribution is -0.128. The predicted molar refractivity (Wildman–Crippen MR) is 99.7 cm³/mol. The van der Waals surface area contributed by atoms with Gasteiger partial charge in [0.05, 0.1) is 6.61 Å². The Labute approximate surface area is 153 Å². The van der Waals surface area contributed by atoms with E-state index in [-0.39, 0.29) is 30.9 Å². The number of hydrogen-bond donors (Lipinski definition) is 3. The van der Waals surface area contributed by atoms with Gasteiger partial charge in [-0.15, -0.1) is 0 Å². The van der Waals surface area contributed by atoms with Gasteiger partial charge < -0.3 is 20.5 Å². The molecule has 0 unspecified atom stereocenters. The van der Waals surface area contributed by atoms with Crippen molar-refractivity contribution >= 4 is 17.5 Å². The van der Waals surface area contributed by atoms with Gasteiger partial charge in [-0.05, 0) is 35.7 Å². The zero-order chi connectivity index (χ0) is 18.9. The summed E-state index contributed by atoms with van der Waals surface area (Å²) in [6.45, 7) is 3.44. The minimum absolute atomic E-state index is 0.100. The van der Waals surface area contributed by atoms with E-state index in [1.54, 1.807) is 36.4 Å². The van der Waals surface area contributed by atoms with Crippen LogP contribution in [0.2, 0.25) is 0 Å². The molecule has 0 aliphatic rings. The number of aliphatic hydroxyl groups is 1. The first kappa shape index (κ1) is 19.5. The normalized spacial score (nSPS) is 11.7. The zero-order valence-electron chi connectivity index (χ0n) is 14.9. The fraction of sp³-hybridized carbons (Fsp3) is 0.300. The van der Waals surface area contributed by atoms with Crippen LogP contribution in [0.15, 0.2) is 54.6 Å². The Bertz CT molecular complexity index is 732. The molecular formula is C20H24N2O4. The molecule has 0 aliphatic carbocycles. The number of rotatable bonds is 8. The quantitative estimate of drug-likeness (QED) is 0.677. The summed E-state index contributed by atoms with van der Waals surface area (Å²) >= 11 is 0. The molecule has 0 aliphatic heterocycles. The lowest BCUT2D eigenvalue weighted by Gasteiger charge is -2.22. The summed E-state index contributed by atoms with van der Waals surface area (Å²) in [6, 6.07) is 15.2. The molecule has 6 heteroatoms. The molecule has 2 rings (SSSR count). The van der Waals surface area contributed by atoms with Crippen molar-refractivity contribution in [2.24, 2.45) is 5.92 Å². The number of benzene rings is 2. The van der Waals surface area contributed by atoms with E-state index in [9.17, 15) is 14.7 Å². The van der Waals surface area contributed by atoms with E-state index in [4.69, 9.17) is 4.74 Å². The lowest BCUT2D eigenvalue weighted by atomic mass is 10.0. The Hall–Kier alpha value is -2.86. The molecular weight excluding hydrogens is 332 g/mol. The number of para-hydroxylation sites is 1. The van der Waals surface area contributed by atoms with Crippen LogP contribution in [0.5, 0.6) is 5.75 Å². The van der Waals surface area contributed by atoms with Gasteiger partial charge in [0.15, 0.2) is 6.61 Å². The van der Waals surface area contributed by atoms with E-state index >= 15 is 0 Å². The number of hydrogen-bond acceptors (Lipinski definition) is 4. The smallest absolute Gasteiger partial charge is 0.258 e. The number of aliphatic hydroxyl groups excluding tert-OH is 1.